The highest BCUT2D eigenvalue weighted by Crippen LogP contribution is 2.26. The van der Waals surface area contributed by atoms with E-state index in [0.29, 0.717) is 16.7 Å². The molecule has 0 radical (unpaired) electrons. The summed E-state index contributed by atoms with van der Waals surface area (Å²) in [5.41, 5.74) is 6.62. The van der Waals surface area contributed by atoms with E-state index in [4.69, 9.17) is 17.3 Å². The topological polar surface area (TPSA) is 43.1 Å². The summed E-state index contributed by atoms with van der Waals surface area (Å²) in [4.78, 5) is 11.7. The molecule has 1 rings (SSSR count). The van der Waals surface area contributed by atoms with Gasteiger partial charge < -0.3 is 5.73 Å². The van der Waals surface area contributed by atoms with Crippen LogP contribution in [-0.2, 0) is 0 Å². The van der Waals surface area contributed by atoms with Gasteiger partial charge in [0.2, 0.25) is 0 Å². The summed E-state index contributed by atoms with van der Waals surface area (Å²) in [7, 11) is 0. The van der Waals surface area contributed by atoms with E-state index >= 15 is 0 Å². The second-order valence-electron chi connectivity index (χ2n) is 3.43. The van der Waals surface area contributed by atoms with Crippen molar-refractivity contribution in [2.24, 2.45) is 5.73 Å². The van der Waals surface area contributed by atoms with Crippen LogP contribution in [0, 0.1) is 19.7 Å². The molecule has 0 aliphatic heterocycles. The van der Waals surface area contributed by atoms with E-state index in [1.165, 1.54) is 6.07 Å². The van der Waals surface area contributed by atoms with Gasteiger partial charge in [0.05, 0.1) is 0 Å². The Bertz CT molecular complexity index is 378. The Hall–Kier alpha value is -0.930. The Balaban J connectivity index is 3.32. The minimum absolute atomic E-state index is 0.158. The van der Waals surface area contributed by atoms with Gasteiger partial charge in [-0.3, -0.25) is 4.79 Å². The van der Waals surface area contributed by atoms with E-state index in [0.717, 1.165) is 0 Å². The molecule has 0 saturated carbocycles. The van der Waals surface area contributed by atoms with Crippen molar-refractivity contribution >= 4 is 17.4 Å². The Labute approximate surface area is 93.2 Å². The number of nitrogens with two attached hydrogens (primary N) is 1. The highest BCUT2D eigenvalue weighted by Gasteiger charge is 2.17. The van der Waals surface area contributed by atoms with E-state index in [1.54, 1.807) is 13.8 Å². The Morgan fingerprint density at radius 2 is 2.07 bits per heavy atom. The lowest BCUT2D eigenvalue weighted by Crippen LogP contribution is -2.12. The molecule has 0 aromatic heterocycles. The van der Waals surface area contributed by atoms with Gasteiger partial charge in [0, 0.05) is 17.0 Å². The van der Waals surface area contributed by atoms with E-state index in [-0.39, 0.29) is 23.8 Å². The van der Waals surface area contributed by atoms with Crippen molar-refractivity contribution in [3.8, 4) is 0 Å². The Kier molecular flexibility index (Phi) is 3.83. The lowest BCUT2D eigenvalue weighted by Gasteiger charge is -2.10. The standard InChI is InChI=1S/C11H13ClFNO/c1-6-8(12)5-9(13)7(2)11(6)10(15)3-4-14/h5H,3-4,14H2,1-2H3. The number of benzene rings is 1. The molecular formula is C11H13ClFNO. The fourth-order valence-corrected chi connectivity index (χ4v) is 1.71. The number of hydrogen-bond donors (Lipinski definition) is 1. The third-order valence-corrected chi connectivity index (χ3v) is 2.76. The fourth-order valence-electron chi connectivity index (χ4n) is 1.52. The van der Waals surface area contributed by atoms with Crippen LogP contribution in [0.5, 0.6) is 0 Å². The third-order valence-electron chi connectivity index (χ3n) is 2.37. The minimum atomic E-state index is -0.453. The molecule has 0 bridgehead atoms. The predicted molar refractivity (Wildman–Crippen MR) is 58.9 cm³/mol. The first-order valence-electron chi connectivity index (χ1n) is 4.67. The quantitative estimate of drug-likeness (QED) is 0.810. The van der Waals surface area contributed by atoms with Gasteiger partial charge in [0.15, 0.2) is 5.78 Å². The van der Waals surface area contributed by atoms with Crippen LogP contribution >= 0.6 is 11.6 Å². The van der Waals surface area contributed by atoms with Crippen molar-refractivity contribution < 1.29 is 9.18 Å². The minimum Gasteiger partial charge on any atom is -0.330 e. The van der Waals surface area contributed by atoms with Crippen LogP contribution in [0.3, 0.4) is 0 Å². The monoisotopic (exact) mass is 229 g/mol. The van der Waals surface area contributed by atoms with E-state index < -0.39 is 5.82 Å². The molecule has 0 fully saturated rings. The molecule has 0 atom stereocenters. The summed E-state index contributed by atoms with van der Waals surface area (Å²) in [5.74, 6) is -0.611. The fraction of sp³-hybridized carbons (Fsp3) is 0.364. The first-order chi connectivity index (χ1) is 6.99. The van der Waals surface area contributed by atoms with Crippen LogP contribution in [0.1, 0.15) is 27.9 Å². The normalized spacial score (nSPS) is 10.5. The molecule has 82 valence electrons. The number of hydrogen-bond acceptors (Lipinski definition) is 2. The SMILES string of the molecule is Cc1c(F)cc(Cl)c(C)c1C(=O)CCN. The van der Waals surface area contributed by atoms with Crippen molar-refractivity contribution in [3.05, 3.63) is 33.6 Å². The van der Waals surface area contributed by atoms with Gasteiger partial charge in [-0.2, -0.15) is 0 Å². The molecule has 0 heterocycles. The molecule has 0 spiro atoms. The molecule has 0 saturated heterocycles. The molecule has 0 aliphatic rings. The number of ketones is 1. The van der Waals surface area contributed by atoms with Gasteiger partial charge in [-0.05, 0) is 37.6 Å². The predicted octanol–water partition coefficient (Wildman–Crippen LogP) is 2.63. The number of rotatable bonds is 3. The molecule has 2 nitrogen and oxygen atoms in total. The molecule has 0 unspecified atom stereocenters. The number of carbonyl (C=O) groups excluding carboxylic acids is 1. The van der Waals surface area contributed by atoms with Crippen molar-refractivity contribution in [2.75, 3.05) is 6.54 Å². The average molecular weight is 230 g/mol. The summed E-state index contributed by atoms with van der Waals surface area (Å²) in [6, 6.07) is 1.23. The summed E-state index contributed by atoms with van der Waals surface area (Å²) >= 11 is 5.81. The van der Waals surface area contributed by atoms with Gasteiger partial charge in [-0.1, -0.05) is 11.6 Å². The zero-order valence-corrected chi connectivity index (χ0v) is 9.49. The van der Waals surface area contributed by atoms with Gasteiger partial charge >= 0.3 is 0 Å². The van der Waals surface area contributed by atoms with Gasteiger partial charge in [0.1, 0.15) is 5.82 Å². The van der Waals surface area contributed by atoms with Gasteiger partial charge in [-0.25, -0.2) is 4.39 Å². The maximum absolute atomic E-state index is 13.4. The van der Waals surface area contributed by atoms with Crippen LogP contribution in [0.25, 0.3) is 0 Å². The molecule has 0 amide bonds. The van der Waals surface area contributed by atoms with E-state index in [1.807, 2.05) is 0 Å². The average Bonchev–Trinajstić information content (AvgIpc) is 2.16. The molecule has 1 aromatic rings. The largest absolute Gasteiger partial charge is 0.330 e. The Morgan fingerprint density at radius 1 is 1.47 bits per heavy atom. The number of Topliss-reactive ketones (excluding diaryl/α,β-unsaturated/α-hetero) is 1. The van der Waals surface area contributed by atoms with Crippen molar-refractivity contribution in [1.29, 1.82) is 0 Å². The lowest BCUT2D eigenvalue weighted by atomic mass is 9.97. The summed E-state index contributed by atoms with van der Waals surface area (Å²) in [6.45, 7) is 3.53. The van der Waals surface area contributed by atoms with Crippen LogP contribution in [0.15, 0.2) is 6.07 Å². The van der Waals surface area contributed by atoms with E-state index in [9.17, 15) is 9.18 Å². The smallest absolute Gasteiger partial charge is 0.164 e. The van der Waals surface area contributed by atoms with Crippen LogP contribution in [-0.4, -0.2) is 12.3 Å². The van der Waals surface area contributed by atoms with Crippen LogP contribution < -0.4 is 5.73 Å². The summed E-state index contributed by atoms with van der Waals surface area (Å²) in [6.07, 6.45) is 0.210. The maximum atomic E-state index is 13.4. The van der Waals surface area contributed by atoms with Crippen molar-refractivity contribution in [2.45, 2.75) is 20.3 Å². The first-order valence-corrected chi connectivity index (χ1v) is 5.05. The highest BCUT2D eigenvalue weighted by atomic mass is 35.5. The van der Waals surface area contributed by atoms with Gasteiger partial charge in [-0.15, -0.1) is 0 Å². The lowest BCUT2D eigenvalue weighted by molar-refractivity contribution is 0.0983. The van der Waals surface area contributed by atoms with Crippen LogP contribution in [0.2, 0.25) is 5.02 Å². The summed E-state index contributed by atoms with van der Waals surface area (Å²) in [5, 5.41) is 0.276. The Morgan fingerprint density at radius 3 is 2.60 bits per heavy atom. The molecule has 0 aliphatic carbocycles. The molecule has 2 N–H and O–H groups in total. The van der Waals surface area contributed by atoms with Gasteiger partial charge in [0.25, 0.3) is 0 Å². The molecule has 4 heteroatoms. The molecule has 15 heavy (non-hydrogen) atoms. The van der Waals surface area contributed by atoms with Crippen LogP contribution in [0.4, 0.5) is 4.39 Å². The first kappa shape index (κ1) is 12.1. The zero-order valence-electron chi connectivity index (χ0n) is 8.73. The maximum Gasteiger partial charge on any atom is 0.164 e. The number of carbonyl (C=O) groups is 1. The molecular weight excluding hydrogens is 217 g/mol. The summed E-state index contributed by atoms with van der Waals surface area (Å²) < 4.78 is 13.4. The zero-order chi connectivity index (χ0) is 11.6. The van der Waals surface area contributed by atoms with Crippen molar-refractivity contribution in [3.63, 3.8) is 0 Å². The van der Waals surface area contributed by atoms with E-state index in [2.05, 4.69) is 0 Å². The molecule has 1 aromatic carbocycles. The van der Waals surface area contributed by atoms with Crippen molar-refractivity contribution in [1.82, 2.24) is 0 Å². The second kappa shape index (κ2) is 4.73. The third kappa shape index (κ3) is 2.36. The second-order valence-corrected chi connectivity index (χ2v) is 3.83. The number of halogens is 2. The highest BCUT2D eigenvalue weighted by molar-refractivity contribution is 6.32.